The molecule has 2 aromatic rings. The van der Waals surface area contributed by atoms with E-state index in [2.05, 4.69) is 25.1 Å². The Bertz CT molecular complexity index is 617. The van der Waals surface area contributed by atoms with Crippen molar-refractivity contribution < 1.29 is 4.42 Å². The molecular formula is C18H23NO. The van der Waals surface area contributed by atoms with Gasteiger partial charge < -0.3 is 10.2 Å². The first-order chi connectivity index (χ1) is 9.81. The van der Waals surface area contributed by atoms with Crippen LogP contribution in [0.5, 0.6) is 0 Å². The number of aryl methyl sites for hydroxylation is 1. The van der Waals surface area contributed by atoms with Crippen molar-refractivity contribution in [3.63, 3.8) is 0 Å². The molecule has 2 N–H and O–H groups in total. The molecule has 0 spiro atoms. The summed E-state index contributed by atoms with van der Waals surface area (Å²) in [4.78, 5) is 0. The summed E-state index contributed by atoms with van der Waals surface area (Å²) in [5.74, 6) is 3.57. The second-order valence-electron chi connectivity index (χ2n) is 6.50. The molecule has 2 aliphatic rings. The minimum atomic E-state index is 0.168. The molecule has 20 heavy (non-hydrogen) atoms. The van der Waals surface area contributed by atoms with E-state index in [0.29, 0.717) is 5.92 Å². The lowest BCUT2D eigenvalue weighted by Gasteiger charge is -2.12. The number of furan rings is 1. The molecule has 106 valence electrons. The standard InChI is InChI=1S/C18H23NO/c1-2-14-17(13-9-5-6-10-15(13)20-14)18(19)16-11-7-3-4-8-12(11)16/h5-6,9-12,16,18H,2-4,7-8,19H2,1H3. The van der Waals surface area contributed by atoms with E-state index in [9.17, 15) is 0 Å². The van der Waals surface area contributed by atoms with Gasteiger partial charge in [-0.1, -0.05) is 38.0 Å². The van der Waals surface area contributed by atoms with Gasteiger partial charge in [-0.15, -0.1) is 0 Å². The van der Waals surface area contributed by atoms with Gasteiger partial charge in [-0.05, 0) is 36.7 Å². The Labute approximate surface area is 120 Å². The van der Waals surface area contributed by atoms with Crippen LogP contribution in [0.2, 0.25) is 0 Å². The molecule has 2 heteroatoms. The Morgan fingerprint density at radius 3 is 2.60 bits per heavy atom. The number of benzene rings is 1. The van der Waals surface area contributed by atoms with E-state index in [1.807, 2.05) is 6.07 Å². The number of hydrogen-bond donors (Lipinski definition) is 1. The second-order valence-corrected chi connectivity index (χ2v) is 6.50. The van der Waals surface area contributed by atoms with Crippen LogP contribution in [0.15, 0.2) is 28.7 Å². The average Bonchev–Trinajstić information content (AvgIpc) is 3.10. The summed E-state index contributed by atoms with van der Waals surface area (Å²) >= 11 is 0. The fourth-order valence-electron chi connectivity index (χ4n) is 4.52. The zero-order chi connectivity index (χ0) is 13.7. The SMILES string of the molecule is CCc1oc2ccccc2c1C(N)C1C2CCCCC21. The molecule has 2 aliphatic carbocycles. The Morgan fingerprint density at radius 1 is 1.20 bits per heavy atom. The molecular weight excluding hydrogens is 246 g/mol. The third-order valence-electron chi connectivity index (χ3n) is 5.50. The van der Waals surface area contributed by atoms with Gasteiger partial charge in [0.05, 0.1) is 0 Å². The molecule has 2 saturated carbocycles. The van der Waals surface area contributed by atoms with Crippen molar-refractivity contribution in [1.82, 2.24) is 0 Å². The Balaban J connectivity index is 1.74. The lowest BCUT2D eigenvalue weighted by atomic mass is 9.97. The van der Waals surface area contributed by atoms with Crippen LogP contribution in [0.3, 0.4) is 0 Å². The van der Waals surface area contributed by atoms with Gasteiger partial charge in [0.1, 0.15) is 11.3 Å². The molecule has 1 heterocycles. The van der Waals surface area contributed by atoms with Crippen molar-refractivity contribution in [3.8, 4) is 0 Å². The van der Waals surface area contributed by atoms with Crippen molar-refractivity contribution >= 4 is 11.0 Å². The highest BCUT2D eigenvalue weighted by atomic mass is 16.3. The van der Waals surface area contributed by atoms with Crippen molar-refractivity contribution in [2.75, 3.05) is 0 Å². The van der Waals surface area contributed by atoms with E-state index in [4.69, 9.17) is 10.2 Å². The zero-order valence-corrected chi connectivity index (χ0v) is 12.1. The minimum Gasteiger partial charge on any atom is -0.461 e. The smallest absolute Gasteiger partial charge is 0.134 e. The average molecular weight is 269 g/mol. The van der Waals surface area contributed by atoms with Gasteiger partial charge in [-0.2, -0.15) is 0 Å². The summed E-state index contributed by atoms with van der Waals surface area (Å²) in [5.41, 5.74) is 8.98. The second kappa shape index (κ2) is 4.63. The van der Waals surface area contributed by atoms with Crippen molar-refractivity contribution in [2.24, 2.45) is 23.5 Å². The Morgan fingerprint density at radius 2 is 1.90 bits per heavy atom. The van der Waals surface area contributed by atoms with Crippen molar-refractivity contribution in [1.29, 1.82) is 0 Å². The van der Waals surface area contributed by atoms with Crippen LogP contribution >= 0.6 is 0 Å². The Kier molecular flexibility index (Phi) is 2.88. The Hall–Kier alpha value is -1.28. The van der Waals surface area contributed by atoms with Crippen LogP contribution in [-0.2, 0) is 6.42 Å². The maximum atomic E-state index is 6.69. The van der Waals surface area contributed by atoms with Crippen LogP contribution in [0.1, 0.15) is 50.0 Å². The van der Waals surface area contributed by atoms with Gasteiger partial charge in [0.25, 0.3) is 0 Å². The van der Waals surface area contributed by atoms with Crippen LogP contribution in [0.4, 0.5) is 0 Å². The molecule has 0 radical (unpaired) electrons. The summed E-state index contributed by atoms with van der Waals surface area (Å²) in [6, 6.07) is 8.52. The quantitative estimate of drug-likeness (QED) is 0.895. The van der Waals surface area contributed by atoms with Crippen molar-refractivity contribution in [3.05, 3.63) is 35.6 Å². The number of hydrogen-bond acceptors (Lipinski definition) is 2. The number of rotatable bonds is 3. The molecule has 0 saturated heterocycles. The first-order valence-electron chi connectivity index (χ1n) is 8.07. The summed E-state index contributed by atoms with van der Waals surface area (Å²) in [6.45, 7) is 2.16. The van der Waals surface area contributed by atoms with Gasteiger partial charge in [-0.25, -0.2) is 0 Å². The first-order valence-corrected chi connectivity index (χ1v) is 8.07. The molecule has 2 fully saturated rings. The molecule has 0 amide bonds. The summed E-state index contributed by atoms with van der Waals surface area (Å²) < 4.78 is 6.02. The van der Waals surface area contributed by atoms with Gasteiger partial charge in [0.15, 0.2) is 0 Å². The van der Waals surface area contributed by atoms with E-state index in [1.54, 1.807) is 0 Å². The molecule has 3 unspecified atom stereocenters. The summed E-state index contributed by atoms with van der Waals surface area (Å²) in [5, 5.41) is 1.24. The third kappa shape index (κ3) is 1.74. The number of nitrogens with two attached hydrogens (primary N) is 1. The van der Waals surface area contributed by atoms with Crippen LogP contribution in [-0.4, -0.2) is 0 Å². The summed E-state index contributed by atoms with van der Waals surface area (Å²) in [7, 11) is 0. The fourth-order valence-corrected chi connectivity index (χ4v) is 4.52. The first kappa shape index (κ1) is 12.5. The lowest BCUT2D eigenvalue weighted by Crippen LogP contribution is -2.15. The van der Waals surface area contributed by atoms with E-state index in [0.717, 1.165) is 29.6 Å². The van der Waals surface area contributed by atoms with E-state index in [-0.39, 0.29) is 6.04 Å². The van der Waals surface area contributed by atoms with E-state index >= 15 is 0 Å². The van der Waals surface area contributed by atoms with Gasteiger partial charge in [-0.3, -0.25) is 0 Å². The normalized spacial score (nSPS) is 30.2. The van der Waals surface area contributed by atoms with Crippen LogP contribution in [0.25, 0.3) is 11.0 Å². The predicted octanol–water partition coefficient (Wildman–Crippen LogP) is 4.43. The molecule has 0 aliphatic heterocycles. The van der Waals surface area contributed by atoms with Gasteiger partial charge in [0.2, 0.25) is 0 Å². The van der Waals surface area contributed by atoms with E-state index in [1.165, 1.54) is 36.6 Å². The molecule has 0 bridgehead atoms. The van der Waals surface area contributed by atoms with Gasteiger partial charge >= 0.3 is 0 Å². The van der Waals surface area contributed by atoms with Crippen LogP contribution < -0.4 is 5.73 Å². The largest absolute Gasteiger partial charge is 0.461 e. The zero-order valence-electron chi connectivity index (χ0n) is 12.1. The highest BCUT2D eigenvalue weighted by Crippen LogP contribution is 2.60. The molecule has 4 rings (SSSR count). The molecule has 2 nitrogen and oxygen atoms in total. The summed E-state index contributed by atoms with van der Waals surface area (Å²) in [6.07, 6.45) is 6.51. The van der Waals surface area contributed by atoms with Crippen molar-refractivity contribution in [2.45, 2.75) is 45.1 Å². The number of fused-ring (bicyclic) bond motifs is 2. The highest BCUT2D eigenvalue weighted by molar-refractivity contribution is 5.83. The lowest BCUT2D eigenvalue weighted by molar-refractivity contribution is 0.480. The van der Waals surface area contributed by atoms with Gasteiger partial charge in [0, 0.05) is 23.4 Å². The maximum Gasteiger partial charge on any atom is 0.134 e. The highest BCUT2D eigenvalue weighted by Gasteiger charge is 2.54. The maximum absolute atomic E-state index is 6.69. The molecule has 1 aromatic carbocycles. The minimum absolute atomic E-state index is 0.168. The number of para-hydroxylation sites is 1. The van der Waals surface area contributed by atoms with Crippen LogP contribution in [0, 0.1) is 17.8 Å². The predicted molar refractivity (Wildman–Crippen MR) is 81.5 cm³/mol. The third-order valence-corrected chi connectivity index (χ3v) is 5.50. The monoisotopic (exact) mass is 269 g/mol. The molecule has 1 aromatic heterocycles. The molecule has 3 atom stereocenters. The topological polar surface area (TPSA) is 39.2 Å². The fraction of sp³-hybridized carbons (Fsp3) is 0.556. The van der Waals surface area contributed by atoms with E-state index < -0.39 is 0 Å².